The van der Waals surface area contributed by atoms with Crippen molar-refractivity contribution in [1.29, 1.82) is 0 Å². The third-order valence-electron chi connectivity index (χ3n) is 2.92. The summed E-state index contributed by atoms with van der Waals surface area (Å²) in [5.74, 6) is -0.0164. The second-order valence-corrected chi connectivity index (χ2v) is 4.21. The second-order valence-electron chi connectivity index (χ2n) is 4.21. The van der Waals surface area contributed by atoms with E-state index in [1.54, 1.807) is 23.9 Å². The molecule has 0 saturated carbocycles. The molecule has 1 aromatic rings. The molecule has 0 aliphatic carbocycles. The van der Waals surface area contributed by atoms with Crippen molar-refractivity contribution in [1.82, 2.24) is 14.9 Å². The van der Waals surface area contributed by atoms with Crippen molar-refractivity contribution >= 4 is 17.7 Å². The van der Waals surface area contributed by atoms with Crippen LogP contribution < -0.4 is 10.2 Å². The van der Waals surface area contributed by atoms with E-state index in [2.05, 4.69) is 15.3 Å². The molecule has 1 amide bonds. The normalized spacial score (nSPS) is 16.7. The molecule has 1 fully saturated rings. The molecule has 0 radical (unpaired) electrons. The molecule has 1 aliphatic heterocycles. The number of hydrogen-bond acceptors (Lipinski definition) is 5. The van der Waals surface area contributed by atoms with Crippen molar-refractivity contribution in [2.45, 2.75) is 6.42 Å². The fourth-order valence-corrected chi connectivity index (χ4v) is 1.87. The molecular weight excluding hydrogens is 237 g/mol. The van der Waals surface area contributed by atoms with Gasteiger partial charge in [-0.05, 0) is 6.42 Å². The van der Waals surface area contributed by atoms with Crippen LogP contribution in [-0.4, -0.2) is 54.5 Å². The van der Waals surface area contributed by atoms with Crippen LogP contribution in [0.1, 0.15) is 6.42 Å². The second kappa shape index (κ2) is 5.16. The number of nitrogens with one attached hydrogen (secondary N) is 1. The quantitative estimate of drug-likeness (QED) is 0.822. The van der Waals surface area contributed by atoms with Crippen LogP contribution in [0.15, 0.2) is 6.20 Å². The Labute approximate surface area is 105 Å². The number of nitrogens with zero attached hydrogens (tertiary/aromatic N) is 4. The first-order valence-electron chi connectivity index (χ1n) is 5.81. The fourth-order valence-electron chi connectivity index (χ4n) is 1.87. The van der Waals surface area contributed by atoms with Gasteiger partial charge in [0.2, 0.25) is 11.9 Å². The largest absolute Gasteiger partial charge is 0.357 e. The van der Waals surface area contributed by atoms with E-state index in [1.807, 2.05) is 0 Å². The highest BCUT2D eigenvalue weighted by molar-refractivity contribution is 5.81. The molecule has 1 N–H and O–H groups in total. The fraction of sp³-hybridized carbons (Fsp3) is 0.545. The Bertz CT molecular complexity index is 453. The Balaban J connectivity index is 2.27. The van der Waals surface area contributed by atoms with Gasteiger partial charge >= 0.3 is 0 Å². The molecule has 1 saturated heterocycles. The van der Waals surface area contributed by atoms with Gasteiger partial charge in [-0.2, -0.15) is 4.98 Å². The molecule has 7 heteroatoms. The number of carbonyl (C=O) groups is 1. The summed E-state index contributed by atoms with van der Waals surface area (Å²) in [5.41, 5.74) is 0. The highest BCUT2D eigenvalue weighted by atomic mass is 19.1. The summed E-state index contributed by atoms with van der Waals surface area (Å²) in [6.07, 6.45) is 1.91. The van der Waals surface area contributed by atoms with Crippen LogP contribution in [0.5, 0.6) is 0 Å². The molecule has 0 atom stereocenters. The van der Waals surface area contributed by atoms with Crippen molar-refractivity contribution in [2.24, 2.45) is 0 Å². The monoisotopic (exact) mass is 253 g/mol. The maximum Gasteiger partial charge on any atom is 0.241 e. The van der Waals surface area contributed by atoms with Crippen LogP contribution in [0.4, 0.5) is 16.2 Å². The molecule has 6 nitrogen and oxygen atoms in total. The van der Waals surface area contributed by atoms with Crippen LogP contribution in [0.25, 0.3) is 0 Å². The molecule has 2 heterocycles. The number of anilines is 2. The summed E-state index contributed by atoms with van der Waals surface area (Å²) < 4.78 is 13.7. The van der Waals surface area contributed by atoms with Gasteiger partial charge in [0, 0.05) is 27.2 Å². The molecule has 18 heavy (non-hydrogen) atoms. The van der Waals surface area contributed by atoms with Crippen LogP contribution >= 0.6 is 0 Å². The zero-order valence-electron chi connectivity index (χ0n) is 10.5. The van der Waals surface area contributed by atoms with E-state index in [1.165, 1.54) is 0 Å². The average molecular weight is 253 g/mol. The summed E-state index contributed by atoms with van der Waals surface area (Å²) in [6.45, 7) is 1.43. The van der Waals surface area contributed by atoms with E-state index in [4.69, 9.17) is 0 Å². The van der Waals surface area contributed by atoms with Crippen LogP contribution in [-0.2, 0) is 4.79 Å². The van der Waals surface area contributed by atoms with Gasteiger partial charge in [-0.3, -0.25) is 4.79 Å². The number of likely N-dealkylation sites (N-methyl/N-ethyl adjacent to an activating group) is 1. The molecule has 0 aromatic carbocycles. The van der Waals surface area contributed by atoms with Gasteiger partial charge < -0.3 is 15.1 Å². The third-order valence-corrected chi connectivity index (χ3v) is 2.92. The van der Waals surface area contributed by atoms with Gasteiger partial charge in [0.15, 0.2) is 11.6 Å². The minimum absolute atomic E-state index is 0.0310. The van der Waals surface area contributed by atoms with Crippen LogP contribution in [0, 0.1) is 5.82 Å². The predicted octanol–water partition coefficient (Wildman–Crippen LogP) is 0.326. The Hall–Kier alpha value is -1.92. The van der Waals surface area contributed by atoms with Gasteiger partial charge in [0.1, 0.15) is 0 Å². The lowest BCUT2D eigenvalue weighted by atomic mass is 10.3. The van der Waals surface area contributed by atoms with Crippen molar-refractivity contribution in [3.63, 3.8) is 0 Å². The molecule has 0 unspecified atom stereocenters. The standard InChI is InChI=1S/C11H16FN5O/c1-13-11-14-6-8(12)10(15-11)17-5-3-4-16(2)9(18)7-17/h6H,3-5,7H2,1-2H3,(H,13,14,15). The van der Waals surface area contributed by atoms with Crippen molar-refractivity contribution in [2.75, 3.05) is 43.9 Å². The Morgan fingerprint density at radius 1 is 1.44 bits per heavy atom. The lowest BCUT2D eigenvalue weighted by Gasteiger charge is -2.21. The minimum atomic E-state index is -0.508. The van der Waals surface area contributed by atoms with E-state index < -0.39 is 5.82 Å². The zero-order valence-corrected chi connectivity index (χ0v) is 10.5. The average Bonchev–Trinajstić information content (AvgIpc) is 2.53. The van der Waals surface area contributed by atoms with Crippen LogP contribution in [0.2, 0.25) is 0 Å². The van der Waals surface area contributed by atoms with E-state index in [-0.39, 0.29) is 18.3 Å². The number of amides is 1. The molecule has 98 valence electrons. The summed E-state index contributed by atoms with van der Waals surface area (Å²) in [5, 5.41) is 2.76. The highest BCUT2D eigenvalue weighted by Gasteiger charge is 2.22. The molecule has 1 aliphatic rings. The van der Waals surface area contributed by atoms with Gasteiger partial charge in [-0.15, -0.1) is 0 Å². The summed E-state index contributed by atoms with van der Waals surface area (Å²) in [6, 6.07) is 0. The Morgan fingerprint density at radius 2 is 2.22 bits per heavy atom. The van der Waals surface area contributed by atoms with E-state index >= 15 is 0 Å². The van der Waals surface area contributed by atoms with Gasteiger partial charge in [0.25, 0.3) is 0 Å². The number of aromatic nitrogens is 2. The van der Waals surface area contributed by atoms with E-state index in [0.29, 0.717) is 19.0 Å². The lowest BCUT2D eigenvalue weighted by molar-refractivity contribution is -0.127. The molecule has 2 rings (SSSR count). The number of halogens is 1. The molecular formula is C11H16FN5O. The van der Waals surface area contributed by atoms with Crippen molar-refractivity contribution < 1.29 is 9.18 Å². The summed E-state index contributed by atoms with van der Waals surface area (Å²) >= 11 is 0. The lowest BCUT2D eigenvalue weighted by Crippen LogP contribution is -2.35. The van der Waals surface area contributed by atoms with Gasteiger partial charge in [-0.25, -0.2) is 9.37 Å². The smallest absolute Gasteiger partial charge is 0.241 e. The highest BCUT2D eigenvalue weighted by Crippen LogP contribution is 2.19. The van der Waals surface area contributed by atoms with Gasteiger partial charge in [0.05, 0.1) is 12.7 Å². The molecule has 1 aromatic heterocycles. The summed E-state index contributed by atoms with van der Waals surface area (Å²) in [7, 11) is 3.42. The van der Waals surface area contributed by atoms with Crippen molar-refractivity contribution in [3.05, 3.63) is 12.0 Å². The number of rotatable bonds is 2. The first kappa shape index (κ1) is 12.5. The van der Waals surface area contributed by atoms with E-state index in [9.17, 15) is 9.18 Å². The number of hydrogen-bond donors (Lipinski definition) is 1. The maximum atomic E-state index is 13.7. The maximum absolute atomic E-state index is 13.7. The molecule has 0 spiro atoms. The number of carbonyl (C=O) groups excluding carboxylic acids is 1. The Kier molecular flexibility index (Phi) is 3.59. The summed E-state index contributed by atoms with van der Waals surface area (Å²) in [4.78, 5) is 22.9. The Morgan fingerprint density at radius 3 is 2.94 bits per heavy atom. The SMILES string of the molecule is CNc1ncc(F)c(N2CCCN(C)C(=O)C2)n1. The minimum Gasteiger partial charge on any atom is -0.357 e. The van der Waals surface area contributed by atoms with Crippen LogP contribution in [0.3, 0.4) is 0 Å². The third kappa shape index (κ3) is 2.49. The van der Waals surface area contributed by atoms with Crippen molar-refractivity contribution in [3.8, 4) is 0 Å². The van der Waals surface area contributed by atoms with E-state index in [0.717, 1.165) is 12.6 Å². The zero-order chi connectivity index (χ0) is 13.1. The predicted molar refractivity (Wildman–Crippen MR) is 66.0 cm³/mol. The topological polar surface area (TPSA) is 61.4 Å². The molecule has 0 bridgehead atoms. The van der Waals surface area contributed by atoms with Gasteiger partial charge in [-0.1, -0.05) is 0 Å². The first-order chi connectivity index (χ1) is 8.61. The first-order valence-corrected chi connectivity index (χ1v) is 5.81.